The van der Waals surface area contributed by atoms with Gasteiger partial charge in [0.1, 0.15) is 11.6 Å². The second-order valence-corrected chi connectivity index (χ2v) is 11.0. The molecule has 9 nitrogen and oxygen atoms in total. The van der Waals surface area contributed by atoms with Crippen molar-refractivity contribution in [3.05, 3.63) is 83.2 Å². The molecule has 4 aromatic heterocycles. The summed E-state index contributed by atoms with van der Waals surface area (Å²) in [4.78, 5) is 26.1. The number of nitrogen functional groups attached to an aromatic ring is 2. The van der Waals surface area contributed by atoms with Gasteiger partial charge in [-0.15, -0.1) is 0 Å². The maximum Gasteiger partial charge on any atom is 0.171 e. The van der Waals surface area contributed by atoms with Gasteiger partial charge in [-0.25, -0.2) is 19.9 Å². The van der Waals surface area contributed by atoms with Crippen LogP contribution in [0.25, 0.3) is 22.1 Å². The Bertz CT molecular complexity index is 1630. The number of anilines is 2. The van der Waals surface area contributed by atoms with Crippen LogP contribution in [0.15, 0.2) is 81.0 Å². The van der Waals surface area contributed by atoms with Gasteiger partial charge in [0, 0.05) is 33.3 Å². The van der Waals surface area contributed by atoms with E-state index < -0.39 is 0 Å². The van der Waals surface area contributed by atoms with Crippen molar-refractivity contribution in [3.63, 3.8) is 0 Å². The number of hydrogen-bond donors (Lipinski definition) is 4. The molecule has 0 radical (unpaired) electrons. The van der Waals surface area contributed by atoms with E-state index in [4.69, 9.17) is 11.5 Å². The molecule has 0 amide bonds. The lowest BCUT2D eigenvalue weighted by atomic mass is 10.2. The number of pyridine rings is 2. The number of aromatic nitrogens is 6. The number of fused-ring (bicyclic) bond motifs is 2. The third-order valence-corrected chi connectivity index (χ3v) is 8.13. The molecule has 0 atom stereocenters. The maximum absolute atomic E-state index is 5.81. The van der Waals surface area contributed by atoms with Gasteiger partial charge in [0.05, 0.1) is 22.1 Å². The molecule has 0 aliphatic carbocycles. The SMILES string of the molecule is Cc1ccc2[nH]c(Sc3ccnc(N)c3C)nc2c1.Cc1ccc2[nH]c(Sc3ccnc(N)c3C)nc2c1.O. The average Bonchev–Trinajstić information content (AvgIpc) is 3.47. The summed E-state index contributed by atoms with van der Waals surface area (Å²) in [5.74, 6) is 1.13. The van der Waals surface area contributed by atoms with Crippen molar-refractivity contribution in [2.24, 2.45) is 0 Å². The number of hydrogen-bond acceptors (Lipinski definition) is 8. The van der Waals surface area contributed by atoms with Crippen LogP contribution >= 0.6 is 23.5 Å². The van der Waals surface area contributed by atoms with E-state index in [-0.39, 0.29) is 5.48 Å². The second-order valence-electron chi connectivity index (χ2n) is 8.97. The number of H-pyrrole nitrogens is 2. The molecule has 39 heavy (non-hydrogen) atoms. The topological polar surface area (TPSA) is 167 Å². The van der Waals surface area contributed by atoms with E-state index in [0.717, 1.165) is 53.3 Å². The Morgan fingerprint density at radius 1 is 0.615 bits per heavy atom. The summed E-state index contributed by atoms with van der Waals surface area (Å²) in [5, 5.41) is 1.74. The van der Waals surface area contributed by atoms with Crippen molar-refractivity contribution in [3.8, 4) is 0 Å². The van der Waals surface area contributed by atoms with Gasteiger partial charge in [-0.2, -0.15) is 0 Å². The molecular formula is C28H30N8OS2. The van der Waals surface area contributed by atoms with E-state index in [0.29, 0.717) is 11.6 Å². The van der Waals surface area contributed by atoms with E-state index >= 15 is 0 Å². The number of aromatic amines is 2. The Balaban J connectivity index is 0.000000176. The highest BCUT2D eigenvalue weighted by Gasteiger charge is 2.10. The highest BCUT2D eigenvalue weighted by molar-refractivity contribution is 7.99. The molecule has 200 valence electrons. The fourth-order valence-corrected chi connectivity index (χ4v) is 5.58. The van der Waals surface area contributed by atoms with Gasteiger partial charge < -0.3 is 26.9 Å². The fraction of sp³-hybridized carbons (Fsp3) is 0.143. The van der Waals surface area contributed by atoms with Gasteiger partial charge in [-0.3, -0.25) is 0 Å². The smallest absolute Gasteiger partial charge is 0.171 e. The zero-order valence-electron chi connectivity index (χ0n) is 22.0. The molecule has 0 aliphatic heterocycles. The van der Waals surface area contributed by atoms with Gasteiger partial charge in [0.25, 0.3) is 0 Å². The minimum absolute atomic E-state index is 0. The van der Waals surface area contributed by atoms with Crippen LogP contribution in [0.3, 0.4) is 0 Å². The fourth-order valence-electron chi connectivity index (χ4n) is 3.78. The monoisotopic (exact) mass is 558 g/mol. The van der Waals surface area contributed by atoms with Crippen molar-refractivity contribution in [2.75, 3.05) is 11.5 Å². The molecule has 6 rings (SSSR count). The molecule has 0 spiro atoms. The Morgan fingerprint density at radius 2 is 1.03 bits per heavy atom. The summed E-state index contributed by atoms with van der Waals surface area (Å²) in [7, 11) is 0. The normalized spacial score (nSPS) is 10.8. The molecule has 0 aliphatic rings. The first-order chi connectivity index (χ1) is 18.3. The molecule has 6 aromatic rings. The molecule has 4 heterocycles. The predicted molar refractivity (Wildman–Crippen MR) is 160 cm³/mol. The number of imidazole rings is 2. The Labute approximate surface area is 234 Å². The second kappa shape index (κ2) is 11.8. The first kappa shape index (κ1) is 28.0. The highest BCUT2D eigenvalue weighted by Crippen LogP contribution is 2.32. The summed E-state index contributed by atoms with van der Waals surface area (Å²) in [6.45, 7) is 8.07. The van der Waals surface area contributed by atoms with E-state index in [1.807, 2.05) is 26.0 Å². The van der Waals surface area contributed by atoms with Gasteiger partial charge in [0.15, 0.2) is 10.3 Å². The summed E-state index contributed by atoms with van der Waals surface area (Å²) < 4.78 is 0. The van der Waals surface area contributed by atoms with Crippen LogP contribution in [0, 0.1) is 27.7 Å². The van der Waals surface area contributed by atoms with Crippen LogP contribution < -0.4 is 11.5 Å². The molecular weight excluding hydrogens is 528 g/mol. The summed E-state index contributed by atoms with van der Waals surface area (Å²) in [5.41, 5.74) is 20.1. The van der Waals surface area contributed by atoms with Crippen LogP contribution in [-0.4, -0.2) is 35.4 Å². The zero-order valence-corrected chi connectivity index (χ0v) is 23.7. The number of benzene rings is 2. The van der Waals surface area contributed by atoms with Crippen molar-refractivity contribution in [1.82, 2.24) is 29.9 Å². The third-order valence-electron chi connectivity index (χ3n) is 6.03. The Kier molecular flexibility index (Phi) is 8.44. The standard InChI is InChI=1S/2C14H14N4S.H2O/c2*1-8-3-4-10-11(7-8)18-14(17-10)19-12-5-6-16-13(15)9(12)2;/h2*3-7H,1-2H3,(H2,15,16)(H,17,18);1H2. The van der Waals surface area contributed by atoms with Crippen LogP contribution in [0.5, 0.6) is 0 Å². The van der Waals surface area contributed by atoms with Crippen molar-refractivity contribution < 1.29 is 5.48 Å². The summed E-state index contributed by atoms with van der Waals surface area (Å²) in [6.07, 6.45) is 3.44. The predicted octanol–water partition coefficient (Wildman–Crippen LogP) is 5.79. The molecule has 0 bridgehead atoms. The Hall–Kier alpha value is -4.06. The van der Waals surface area contributed by atoms with E-state index in [1.54, 1.807) is 35.9 Å². The molecule has 11 heteroatoms. The third kappa shape index (κ3) is 6.33. The first-order valence-electron chi connectivity index (χ1n) is 12.0. The lowest BCUT2D eigenvalue weighted by Crippen LogP contribution is -1.94. The molecule has 0 saturated heterocycles. The lowest BCUT2D eigenvalue weighted by molar-refractivity contribution is 0.824. The van der Waals surface area contributed by atoms with Crippen LogP contribution in [0.4, 0.5) is 11.6 Å². The lowest BCUT2D eigenvalue weighted by Gasteiger charge is -2.04. The number of nitrogens with zero attached hydrogens (tertiary/aromatic N) is 4. The number of aryl methyl sites for hydroxylation is 2. The molecule has 8 N–H and O–H groups in total. The van der Waals surface area contributed by atoms with Crippen molar-refractivity contribution in [2.45, 2.75) is 47.8 Å². The van der Waals surface area contributed by atoms with Crippen LogP contribution in [0.1, 0.15) is 22.3 Å². The number of rotatable bonds is 4. The molecule has 2 aromatic carbocycles. The van der Waals surface area contributed by atoms with E-state index in [1.165, 1.54) is 11.1 Å². The van der Waals surface area contributed by atoms with Crippen LogP contribution in [0.2, 0.25) is 0 Å². The Morgan fingerprint density at radius 3 is 1.44 bits per heavy atom. The summed E-state index contributed by atoms with van der Waals surface area (Å²) >= 11 is 3.15. The molecule has 0 unspecified atom stereocenters. The largest absolute Gasteiger partial charge is 0.412 e. The zero-order chi connectivity index (χ0) is 26.8. The number of nitrogens with one attached hydrogen (secondary N) is 2. The van der Waals surface area contributed by atoms with Crippen LogP contribution in [-0.2, 0) is 0 Å². The highest BCUT2D eigenvalue weighted by atomic mass is 32.2. The van der Waals surface area contributed by atoms with E-state index in [2.05, 4.69) is 80.1 Å². The van der Waals surface area contributed by atoms with Gasteiger partial charge in [0.2, 0.25) is 0 Å². The van der Waals surface area contributed by atoms with Gasteiger partial charge in [-0.05, 0) is 75.2 Å². The molecule has 0 fully saturated rings. The summed E-state index contributed by atoms with van der Waals surface area (Å²) in [6, 6.07) is 16.3. The first-order valence-corrected chi connectivity index (χ1v) is 13.6. The quantitative estimate of drug-likeness (QED) is 0.211. The maximum atomic E-state index is 5.81. The minimum Gasteiger partial charge on any atom is -0.412 e. The van der Waals surface area contributed by atoms with Crippen molar-refractivity contribution in [1.29, 1.82) is 0 Å². The average molecular weight is 559 g/mol. The van der Waals surface area contributed by atoms with Gasteiger partial charge in [-0.1, -0.05) is 35.7 Å². The minimum atomic E-state index is 0. The van der Waals surface area contributed by atoms with Gasteiger partial charge >= 0.3 is 0 Å². The van der Waals surface area contributed by atoms with E-state index in [9.17, 15) is 0 Å². The molecule has 0 saturated carbocycles. The van der Waals surface area contributed by atoms with Crippen molar-refractivity contribution >= 4 is 57.2 Å². The number of nitrogens with two attached hydrogens (primary N) is 2.